The van der Waals surface area contributed by atoms with Crippen molar-refractivity contribution in [3.05, 3.63) is 23.3 Å². The predicted molar refractivity (Wildman–Crippen MR) is 168 cm³/mol. The quantitative estimate of drug-likeness (QED) is 0.220. The Morgan fingerprint density at radius 2 is 1.68 bits per heavy atom. The molecule has 0 aromatic rings. The monoisotopic (exact) mass is 588 g/mol. The first kappa shape index (κ1) is 31.9. The summed E-state index contributed by atoms with van der Waals surface area (Å²) in [6, 6.07) is 0. The second-order valence-electron chi connectivity index (χ2n) is 17.0. The van der Waals surface area contributed by atoms with Crippen LogP contribution in [0.5, 0.6) is 0 Å². The van der Waals surface area contributed by atoms with Gasteiger partial charge >= 0.3 is 0 Å². The Hall–Kier alpha value is -0.503. The molecular formula is C35H60O5Si. The number of hydrogen-bond donors (Lipinski definition) is 0. The summed E-state index contributed by atoms with van der Waals surface area (Å²) in [6.07, 6.45) is 12.2. The van der Waals surface area contributed by atoms with E-state index in [0.29, 0.717) is 30.5 Å². The van der Waals surface area contributed by atoms with E-state index in [1.807, 2.05) is 0 Å². The fourth-order valence-electron chi connectivity index (χ4n) is 9.18. The SMILES string of the molecule is COCOC1CC(O[Si](C)(C)C(C)(C)C)CC2=CC=C3[C@@H]4CC[C@H](C(C)C5OCC(C)(C)CO5)[C@@]4(C)CC[C@@H]3[C@]21C. The standard InChI is InChI=1S/C35H60O5Si/c1-23(31-37-20-33(5,6)21-38-31)27-14-15-28-26-13-12-24-18-25(40-41(10,11)32(2,3)4)19-30(39-22-36-9)35(24,8)29(26)16-17-34(27,28)7/h12-13,23,25,27-31H,14-22H2,1-11H3/t23?,25?,27-,28+,29+,30?,34-,35+/m1/s1. The van der Waals surface area contributed by atoms with Gasteiger partial charge in [0.05, 0.1) is 25.4 Å². The van der Waals surface area contributed by atoms with E-state index in [9.17, 15) is 0 Å². The number of fused-ring (bicyclic) bond motifs is 5. The van der Waals surface area contributed by atoms with Gasteiger partial charge in [-0.15, -0.1) is 0 Å². The van der Waals surface area contributed by atoms with E-state index in [2.05, 4.69) is 80.6 Å². The van der Waals surface area contributed by atoms with Gasteiger partial charge in [0.1, 0.15) is 6.79 Å². The lowest BCUT2D eigenvalue weighted by Crippen LogP contribution is -2.55. The topological polar surface area (TPSA) is 46.2 Å². The van der Waals surface area contributed by atoms with Crippen LogP contribution in [0.2, 0.25) is 18.1 Å². The molecular weight excluding hydrogens is 528 g/mol. The van der Waals surface area contributed by atoms with E-state index in [1.54, 1.807) is 12.7 Å². The number of ether oxygens (including phenoxy) is 4. The van der Waals surface area contributed by atoms with Gasteiger partial charge in [-0.05, 0) is 79.8 Å². The van der Waals surface area contributed by atoms with Crippen LogP contribution < -0.4 is 0 Å². The van der Waals surface area contributed by atoms with E-state index < -0.39 is 8.32 Å². The van der Waals surface area contributed by atoms with Crippen molar-refractivity contribution in [2.75, 3.05) is 27.1 Å². The first-order valence-electron chi connectivity index (χ1n) is 16.5. The second-order valence-corrected chi connectivity index (χ2v) is 21.7. The Balaban J connectivity index is 1.39. The molecule has 5 nitrogen and oxygen atoms in total. The number of rotatable bonds is 7. The Morgan fingerprint density at radius 3 is 2.32 bits per heavy atom. The third kappa shape index (κ3) is 5.61. The third-order valence-electron chi connectivity index (χ3n) is 12.7. The molecule has 4 fully saturated rings. The zero-order valence-electron chi connectivity index (χ0n) is 28.1. The van der Waals surface area contributed by atoms with Gasteiger partial charge < -0.3 is 23.4 Å². The van der Waals surface area contributed by atoms with Crippen LogP contribution in [0.15, 0.2) is 23.3 Å². The highest BCUT2D eigenvalue weighted by Crippen LogP contribution is 2.66. The Kier molecular flexibility index (Phi) is 8.67. The van der Waals surface area contributed by atoms with Crippen molar-refractivity contribution in [1.82, 2.24) is 0 Å². The van der Waals surface area contributed by atoms with E-state index in [1.165, 1.54) is 31.3 Å². The normalized spacial score (nSPS) is 40.2. The average molecular weight is 589 g/mol. The third-order valence-corrected chi connectivity index (χ3v) is 17.2. The molecule has 5 rings (SSSR count). The summed E-state index contributed by atoms with van der Waals surface area (Å²) >= 11 is 0. The van der Waals surface area contributed by atoms with Gasteiger partial charge in [-0.2, -0.15) is 0 Å². The predicted octanol–water partition coefficient (Wildman–Crippen LogP) is 8.51. The van der Waals surface area contributed by atoms with Gasteiger partial charge in [-0.1, -0.05) is 78.7 Å². The number of allylic oxidation sites excluding steroid dienone is 3. The molecule has 0 radical (unpaired) electrons. The Labute approximate surface area is 252 Å². The highest BCUT2D eigenvalue weighted by Gasteiger charge is 2.60. The molecule has 1 saturated heterocycles. The molecule has 0 bridgehead atoms. The summed E-state index contributed by atoms with van der Waals surface area (Å²) in [5.41, 5.74) is 3.59. The van der Waals surface area contributed by atoms with Crippen LogP contribution in [-0.4, -0.2) is 53.9 Å². The fourth-order valence-corrected chi connectivity index (χ4v) is 10.5. The van der Waals surface area contributed by atoms with Crippen molar-refractivity contribution in [1.29, 1.82) is 0 Å². The highest BCUT2D eigenvalue weighted by molar-refractivity contribution is 6.74. The minimum atomic E-state index is -1.89. The van der Waals surface area contributed by atoms with Crippen LogP contribution in [0.4, 0.5) is 0 Å². The number of methoxy groups -OCH3 is 1. The molecule has 8 atom stereocenters. The van der Waals surface area contributed by atoms with Crippen molar-refractivity contribution < 1.29 is 23.4 Å². The summed E-state index contributed by atoms with van der Waals surface area (Å²) in [5.74, 6) is 2.16. The zero-order chi connectivity index (χ0) is 30.0. The summed E-state index contributed by atoms with van der Waals surface area (Å²) in [7, 11) is -0.147. The minimum absolute atomic E-state index is 0.0118. The molecule has 6 heteroatoms. The zero-order valence-corrected chi connectivity index (χ0v) is 29.1. The molecule has 3 saturated carbocycles. The van der Waals surface area contributed by atoms with Crippen molar-refractivity contribution in [3.63, 3.8) is 0 Å². The van der Waals surface area contributed by atoms with Crippen molar-refractivity contribution in [2.24, 2.45) is 39.9 Å². The van der Waals surface area contributed by atoms with Gasteiger partial charge in [0.15, 0.2) is 14.6 Å². The van der Waals surface area contributed by atoms with Gasteiger partial charge in [0.25, 0.3) is 0 Å². The van der Waals surface area contributed by atoms with Gasteiger partial charge in [-0.25, -0.2) is 0 Å². The summed E-state index contributed by atoms with van der Waals surface area (Å²) in [5, 5.41) is 0.193. The van der Waals surface area contributed by atoms with E-state index >= 15 is 0 Å². The summed E-state index contributed by atoms with van der Waals surface area (Å²) in [4.78, 5) is 0. The van der Waals surface area contributed by atoms with Crippen molar-refractivity contribution >= 4 is 8.32 Å². The minimum Gasteiger partial charge on any atom is -0.414 e. The average Bonchev–Trinajstić information content (AvgIpc) is 3.23. The summed E-state index contributed by atoms with van der Waals surface area (Å²) < 4.78 is 31.7. The highest BCUT2D eigenvalue weighted by atomic mass is 28.4. The molecule has 3 unspecified atom stereocenters. The van der Waals surface area contributed by atoms with Crippen LogP contribution in [-0.2, 0) is 23.4 Å². The van der Waals surface area contributed by atoms with Gasteiger partial charge in [0, 0.05) is 23.9 Å². The van der Waals surface area contributed by atoms with E-state index in [0.717, 1.165) is 26.1 Å². The molecule has 0 spiro atoms. The molecule has 234 valence electrons. The van der Waals surface area contributed by atoms with Crippen LogP contribution in [0.25, 0.3) is 0 Å². The van der Waals surface area contributed by atoms with E-state index in [-0.39, 0.29) is 39.8 Å². The second kappa shape index (κ2) is 11.1. The van der Waals surface area contributed by atoms with Crippen LogP contribution in [0.1, 0.15) is 93.9 Å². The Bertz CT molecular complexity index is 1020. The lowest BCUT2D eigenvalue weighted by molar-refractivity contribution is -0.252. The Morgan fingerprint density at radius 1 is 1.00 bits per heavy atom. The summed E-state index contributed by atoms with van der Waals surface area (Å²) in [6.45, 7) is 25.6. The van der Waals surface area contributed by atoms with Crippen molar-refractivity contribution in [3.8, 4) is 0 Å². The lowest BCUT2D eigenvalue weighted by Gasteiger charge is -2.58. The molecule has 0 aromatic carbocycles. The van der Waals surface area contributed by atoms with Crippen LogP contribution in [0.3, 0.4) is 0 Å². The maximum absolute atomic E-state index is 7.01. The maximum atomic E-state index is 7.01. The van der Waals surface area contributed by atoms with E-state index in [4.69, 9.17) is 23.4 Å². The molecule has 0 amide bonds. The van der Waals surface area contributed by atoms with Crippen LogP contribution >= 0.6 is 0 Å². The molecule has 1 heterocycles. The molecule has 41 heavy (non-hydrogen) atoms. The van der Waals surface area contributed by atoms with Crippen molar-refractivity contribution in [2.45, 2.75) is 131 Å². The first-order chi connectivity index (χ1) is 19.0. The number of hydrogen-bond acceptors (Lipinski definition) is 5. The molecule has 5 aliphatic rings. The van der Waals surface area contributed by atoms with Gasteiger partial charge in [0.2, 0.25) is 0 Å². The van der Waals surface area contributed by atoms with Gasteiger partial charge in [-0.3, -0.25) is 0 Å². The molecule has 1 aliphatic heterocycles. The maximum Gasteiger partial charge on any atom is 0.192 e. The lowest BCUT2D eigenvalue weighted by atomic mass is 9.49. The molecule has 4 aliphatic carbocycles. The van der Waals surface area contributed by atoms with Crippen LogP contribution in [0, 0.1) is 39.9 Å². The largest absolute Gasteiger partial charge is 0.414 e. The fraction of sp³-hybridized carbons (Fsp3) is 0.886. The molecule has 0 N–H and O–H groups in total. The first-order valence-corrected chi connectivity index (χ1v) is 19.4. The molecule has 0 aromatic heterocycles. The smallest absolute Gasteiger partial charge is 0.192 e.